The van der Waals surface area contributed by atoms with Crippen LogP contribution in [0.1, 0.15) is 16.7 Å². The van der Waals surface area contributed by atoms with Gasteiger partial charge < -0.3 is 9.47 Å². The SMILES string of the molecule is COc1cc(/C=N\Nc2ccc(C(F)(F)F)cc2[N+](=O)[O-])cc(Cl)c1OCc1ccc2ccccc2c1. The summed E-state index contributed by atoms with van der Waals surface area (Å²) in [7, 11) is 1.44. The van der Waals surface area contributed by atoms with Crippen molar-refractivity contribution in [2.45, 2.75) is 12.8 Å². The number of hydrogen-bond acceptors (Lipinski definition) is 6. The molecular weight excluding hydrogens is 511 g/mol. The molecular formula is C26H19ClF3N3O4. The molecule has 190 valence electrons. The number of anilines is 1. The van der Waals surface area contributed by atoms with Crippen LogP contribution >= 0.6 is 11.6 Å². The summed E-state index contributed by atoms with van der Waals surface area (Å²) in [6.45, 7) is 0.244. The molecule has 0 spiro atoms. The number of alkyl halides is 3. The van der Waals surface area contributed by atoms with Crippen LogP contribution in [0.2, 0.25) is 5.02 Å². The largest absolute Gasteiger partial charge is 0.493 e. The second kappa shape index (κ2) is 10.8. The van der Waals surface area contributed by atoms with E-state index in [1.807, 2.05) is 42.5 Å². The fourth-order valence-corrected chi connectivity index (χ4v) is 3.84. The Balaban J connectivity index is 1.50. The number of fused-ring (bicyclic) bond motifs is 1. The Bertz CT molecular complexity index is 1490. The minimum atomic E-state index is -4.71. The van der Waals surface area contributed by atoms with Gasteiger partial charge in [-0.25, -0.2) is 0 Å². The summed E-state index contributed by atoms with van der Waals surface area (Å²) in [4.78, 5) is 10.3. The van der Waals surface area contributed by atoms with Crippen LogP contribution in [-0.2, 0) is 12.8 Å². The molecule has 0 radical (unpaired) electrons. The number of nitro groups is 1. The van der Waals surface area contributed by atoms with E-state index < -0.39 is 22.4 Å². The van der Waals surface area contributed by atoms with Gasteiger partial charge in [0.2, 0.25) is 0 Å². The molecule has 0 saturated carbocycles. The van der Waals surface area contributed by atoms with Gasteiger partial charge in [-0.1, -0.05) is 48.0 Å². The number of nitrogens with one attached hydrogen (secondary N) is 1. The number of ether oxygens (including phenoxy) is 2. The molecule has 0 amide bonds. The lowest BCUT2D eigenvalue weighted by Crippen LogP contribution is -2.06. The van der Waals surface area contributed by atoms with Gasteiger partial charge in [0.05, 0.1) is 28.8 Å². The van der Waals surface area contributed by atoms with Crippen molar-refractivity contribution >= 4 is 40.0 Å². The van der Waals surface area contributed by atoms with Gasteiger partial charge in [-0.05, 0) is 52.2 Å². The predicted octanol–water partition coefficient (Wildman–Crippen LogP) is 7.45. The molecule has 0 aliphatic carbocycles. The molecule has 11 heteroatoms. The highest BCUT2D eigenvalue weighted by molar-refractivity contribution is 6.32. The molecule has 0 aliphatic rings. The summed E-state index contributed by atoms with van der Waals surface area (Å²) in [5.74, 6) is 0.649. The molecule has 0 unspecified atom stereocenters. The minimum absolute atomic E-state index is 0.206. The van der Waals surface area contributed by atoms with Crippen LogP contribution in [0.25, 0.3) is 10.8 Å². The fraction of sp³-hybridized carbons (Fsp3) is 0.115. The maximum atomic E-state index is 12.9. The zero-order valence-corrected chi connectivity index (χ0v) is 20.0. The monoisotopic (exact) mass is 529 g/mol. The summed E-state index contributed by atoms with van der Waals surface area (Å²) < 4.78 is 50.0. The first-order chi connectivity index (χ1) is 17.7. The number of halogens is 4. The maximum absolute atomic E-state index is 12.9. The zero-order chi connectivity index (χ0) is 26.6. The number of nitrogens with zero attached hydrogens (tertiary/aromatic N) is 2. The van der Waals surface area contributed by atoms with Gasteiger partial charge in [0.25, 0.3) is 5.69 Å². The molecule has 0 atom stereocenters. The first kappa shape index (κ1) is 25.8. The van der Waals surface area contributed by atoms with E-state index in [1.54, 1.807) is 12.1 Å². The van der Waals surface area contributed by atoms with E-state index in [-0.39, 0.29) is 17.3 Å². The van der Waals surface area contributed by atoms with Crippen LogP contribution in [0, 0.1) is 10.1 Å². The Morgan fingerprint density at radius 1 is 1.05 bits per heavy atom. The number of nitro benzene ring substituents is 1. The van der Waals surface area contributed by atoms with Crippen LogP contribution in [0.4, 0.5) is 24.5 Å². The van der Waals surface area contributed by atoms with E-state index in [4.69, 9.17) is 21.1 Å². The third kappa shape index (κ3) is 6.10. The molecule has 0 aromatic heterocycles. The number of methoxy groups -OCH3 is 1. The number of benzene rings is 4. The highest BCUT2D eigenvalue weighted by atomic mass is 35.5. The molecule has 37 heavy (non-hydrogen) atoms. The van der Waals surface area contributed by atoms with E-state index in [0.717, 1.165) is 28.5 Å². The molecule has 4 aromatic rings. The summed E-state index contributed by atoms with van der Waals surface area (Å²) in [6.07, 6.45) is -3.42. The highest BCUT2D eigenvalue weighted by Gasteiger charge is 2.33. The Hall–Kier alpha value is -4.31. The van der Waals surface area contributed by atoms with Crippen molar-refractivity contribution in [1.29, 1.82) is 0 Å². The summed E-state index contributed by atoms with van der Waals surface area (Å²) in [5, 5.41) is 17.6. The number of hydrogen-bond donors (Lipinski definition) is 1. The van der Waals surface area contributed by atoms with Crippen molar-refractivity contribution in [3.05, 3.63) is 105 Å². The molecule has 4 aromatic carbocycles. The first-order valence-electron chi connectivity index (χ1n) is 10.8. The lowest BCUT2D eigenvalue weighted by Gasteiger charge is -2.14. The van der Waals surface area contributed by atoms with Crippen LogP contribution < -0.4 is 14.9 Å². The molecule has 4 rings (SSSR count). The normalized spacial score (nSPS) is 11.6. The fourth-order valence-electron chi connectivity index (χ4n) is 3.57. The number of rotatable bonds is 8. The van der Waals surface area contributed by atoms with Gasteiger partial charge in [0.15, 0.2) is 11.5 Å². The second-order valence-corrected chi connectivity index (χ2v) is 8.27. The second-order valence-electron chi connectivity index (χ2n) is 7.86. The smallest absolute Gasteiger partial charge is 0.416 e. The van der Waals surface area contributed by atoms with Crippen LogP contribution in [0.3, 0.4) is 0 Å². The molecule has 0 saturated heterocycles. The van der Waals surface area contributed by atoms with Gasteiger partial charge in [-0.3, -0.25) is 15.5 Å². The van der Waals surface area contributed by atoms with Crippen molar-refractivity contribution in [3.63, 3.8) is 0 Å². The number of hydrazone groups is 1. The van der Waals surface area contributed by atoms with Gasteiger partial charge >= 0.3 is 6.18 Å². The van der Waals surface area contributed by atoms with Crippen molar-refractivity contribution in [1.82, 2.24) is 0 Å². The predicted molar refractivity (Wildman–Crippen MR) is 136 cm³/mol. The van der Waals surface area contributed by atoms with Crippen molar-refractivity contribution < 1.29 is 27.6 Å². The van der Waals surface area contributed by atoms with E-state index in [1.165, 1.54) is 13.3 Å². The van der Waals surface area contributed by atoms with E-state index in [0.29, 0.717) is 23.1 Å². The highest BCUT2D eigenvalue weighted by Crippen LogP contribution is 2.37. The topological polar surface area (TPSA) is 86.0 Å². The van der Waals surface area contributed by atoms with Crippen molar-refractivity contribution in [2.24, 2.45) is 5.10 Å². The summed E-state index contributed by atoms with van der Waals surface area (Å²) in [5.41, 5.74) is 1.69. The van der Waals surface area contributed by atoms with E-state index in [9.17, 15) is 23.3 Å². The third-order valence-corrected chi connectivity index (χ3v) is 5.65. The lowest BCUT2D eigenvalue weighted by atomic mass is 10.1. The molecule has 0 heterocycles. The van der Waals surface area contributed by atoms with Gasteiger partial charge in [0.1, 0.15) is 12.3 Å². The molecule has 1 N–H and O–H groups in total. The standard InChI is InChI=1S/C26H19ClF3N3O4/c1-36-24-12-17(14-31-32-22-9-8-20(26(28,29)30)13-23(22)33(34)35)11-21(27)25(24)37-15-16-6-7-18-4-2-3-5-19(18)10-16/h2-14,32H,15H2,1H3/b31-14-. The van der Waals surface area contributed by atoms with Gasteiger partial charge in [0, 0.05) is 6.07 Å². The van der Waals surface area contributed by atoms with Gasteiger partial charge in [-0.2, -0.15) is 18.3 Å². The van der Waals surface area contributed by atoms with Crippen LogP contribution in [0.15, 0.2) is 77.9 Å². The molecule has 0 bridgehead atoms. The van der Waals surface area contributed by atoms with E-state index in [2.05, 4.69) is 10.5 Å². The van der Waals surface area contributed by atoms with Crippen molar-refractivity contribution in [3.8, 4) is 11.5 Å². The maximum Gasteiger partial charge on any atom is 0.416 e. The van der Waals surface area contributed by atoms with Crippen LogP contribution in [0.5, 0.6) is 11.5 Å². The Morgan fingerprint density at radius 2 is 1.81 bits per heavy atom. The Kier molecular flexibility index (Phi) is 7.49. The first-order valence-corrected chi connectivity index (χ1v) is 11.2. The molecule has 0 fully saturated rings. The molecule has 0 aliphatic heterocycles. The third-order valence-electron chi connectivity index (χ3n) is 5.37. The van der Waals surface area contributed by atoms with Gasteiger partial charge in [-0.15, -0.1) is 0 Å². The summed E-state index contributed by atoms with van der Waals surface area (Å²) in [6, 6.07) is 19.2. The zero-order valence-electron chi connectivity index (χ0n) is 19.3. The van der Waals surface area contributed by atoms with Crippen LogP contribution in [-0.4, -0.2) is 18.2 Å². The summed E-state index contributed by atoms with van der Waals surface area (Å²) >= 11 is 6.41. The Labute approximate surface area is 214 Å². The quantitative estimate of drug-likeness (QED) is 0.145. The molecule has 7 nitrogen and oxygen atoms in total. The lowest BCUT2D eigenvalue weighted by molar-refractivity contribution is -0.384. The van der Waals surface area contributed by atoms with E-state index >= 15 is 0 Å². The minimum Gasteiger partial charge on any atom is -0.493 e. The Morgan fingerprint density at radius 3 is 2.51 bits per heavy atom. The average Bonchev–Trinajstić information content (AvgIpc) is 2.87. The average molecular weight is 530 g/mol. The van der Waals surface area contributed by atoms with Crippen molar-refractivity contribution in [2.75, 3.05) is 12.5 Å².